The van der Waals surface area contributed by atoms with Gasteiger partial charge < -0.3 is 19.9 Å². The quantitative estimate of drug-likeness (QED) is 0.882. The highest BCUT2D eigenvalue weighted by Crippen LogP contribution is 2.46. The van der Waals surface area contributed by atoms with Gasteiger partial charge in [0.2, 0.25) is 0 Å². The molecule has 6 nitrogen and oxygen atoms in total. The maximum Gasteiger partial charge on any atom is 0.306 e. The Bertz CT molecular complexity index is 651. The molecule has 2 N–H and O–H groups in total. The van der Waals surface area contributed by atoms with Crippen molar-refractivity contribution in [1.29, 1.82) is 0 Å². The molecule has 1 unspecified atom stereocenters. The van der Waals surface area contributed by atoms with E-state index < -0.39 is 5.97 Å². The fourth-order valence-corrected chi connectivity index (χ4v) is 3.68. The summed E-state index contributed by atoms with van der Waals surface area (Å²) in [5.74, 6) is -0.526. The van der Waals surface area contributed by atoms with Gasteiger partial charge in [-0.3, -0.25) is 9.59 Å². The van der Waals surface area contributed by atoms with Crippen LogP contribution in [-0.4, -0.2) is 42.3 Å². The average molecular weight is 333 g/mol. The van der Waals surface area contributed by atoms with Gasteiger partial charge in [0, 0.05) is 18.2 Å². The molecule has 1 spiro atoms. The third kappa shape index (κ3) is 3.24. The number of aliphatic carboxylic acids is 1. The Kier molecular flexibility index (Phi) is 4.49. The minimum atomic E-state index is -0.762. The molecule has 1 aliphatic carbocycles. The molecule has 1 heterocycles. The van der Waals surface area contributed by atoms with E-state index in [1.165, 1.54) is 0 Å². The minimum Gasteiger partial charge on any atom is -0.496 e. The zero-order chi connectivity index (χ0) is 17.3. The molecule has 24 heavy (non-hydrogen) atoms. The fraction of sp³-hybridized carbons (Fsp3) is 0.556. The first-order valence-corrected chi connectivity index (χ1v) is 8.25. The number of carbonyl (C=O) groups is 2. The number of carbonyl (C=O) groups excluding carboxylic acids is 1. The van der Waals surface area contributed by atoms with Crippen LogP contribution in [0.3, 0.4) is 0 Å². The van der Waals surface area contributed by atoms with Gasteiger partial charge >= 0.3 is 5.97 Å². The second kappa shape index (κ2) is 6.43. The Labute approximate surface area is 141 Å². The molecule has 3 rings (SSSR count). The van der Waals surface area contributed by atoms with Crippen LogP contribution in [0, 0.1) is 12.8 Å². The molecule has 1 aliphatic heterocycles. The molecule has 0 radical (unpaired) electrons. The van der Waals surface area contributed by atoms with Crippen LogP contribution < -0.4 is 10.1 Å². The van der Waals surface area contributed by atoms with Crippen molar-refractivity contribution in [1.82, 2.24) is 5.32 Å². The molecular weight excluding hydrogens is 310 g/mol. The molecule has 1 aromatic rings. The molecule has 2 aliphatic rings. The Balaban J connectivity index is 1.61. The summed E-state index contributed by atoms with van der Waals surface area (Å²) in [5, 5.41) is 12.1. The van der Waals surface area contributed by atoms with Gasteiger partial charge in [-0.05, 0) is 50.3 Å². The maximum absolute atomic E-state index is 12.5. The van der Waals surface area contributed by atoms with Gasteiger partial charge in [-0.1, -0.05) is 6.07 Å². The maximum atomic E-state index is 12.5. The number of rotatable bonds is 4. The number of hydrogen-bond acceptors (Lipinski definition) is 4. The van der Waals surface area contributed by atoms with Crippen molar-refractivity contribution in [2.45, 2.75) is 44.2 Å². The summed E-state index contributed by atoms with van der Waals surface area (Å²) in [6.45, 7) is 2.48. The lowest BCUT2D eigenvalue weighted by molar-refractivity contribution is -0.181. The highest BCUT2D eigenvalue weighted by molar-refractivity contribution is 5.95. The standard InChI is InChI=1S/C18H23NO5/c1-11-3-4-12(7-15(11)23-2)16(20)19-14-5-6-24-18(10-14)8-13(9-18)17(21)22/h3-4,7,13-14H,5-6,8-10H2,1-2H3,(H,19,20)(H,21,22). The van der Waals surface area contributed by atoms with Gasteiger partial charge in [-0.2, -0.15) is 0 Å². The molecule has 1 saturated heterocycles. The van der Waals surface area contributed by atoms with E-state index >= 15 is 0 Å². The van der Waals surface area contributed by atoms with Crippen molar-refractivity contribution < 1.29 is 24.2 Å². The van der Waals surface area contributed by atoms with E-state index in [2.05, 4.69) is 5.32 Å². The normalized spacial score (nSPS) is 28.9. The van der Waals surface area contributed by atoms with Crippen LogP contribution in [0.2, 0.25) is 0 Å². The van der Waals surface area contributed by atoms with Crippen LogP contribution >= 0.6 is 0 Å². The summed E-state index contributed by atoms with van der Waals surface area (Å²) < 4.78 is 11.1. The Morgan fingerprint density at radius 1 is 1.33 bits per heavy atom. The SMILES string of the molecule is COc1cc(C(=O)NC2CCOC3(C2)CC(C(=O)O)C3)ccc1C. The van der Waals surface area contributed by atoms with E-state index in [4.69, 9.17) is 14.6 Å². The molecule has 6 heteroatoms. The molecule has 1 aromatic carbocycles. The number of ether oxygens (including phenoxy) is 2. The number of carboxylic acid groups (broad SMARTS) is 1. The topological polar surface area (TPSA) is 84.9 Å². The van der Waals surface area contributed by atoms with Crippen molar-refractivity contribution in [3.63, 3.8) is 0 Å². The molecule has 1 atom stereocenters. The van der Waals surface area contributed by atoms with E-state index in [0.29, 0.717) is 37.2 Å². The second-order valence-corrected chi connectivity index (χ2v) is 6.82. The Morgan fingerprint density at radius 2 is 2.08 bits per heavy atom. The van der Waals surface area contributed by atoms with Crippen molar-refractivity contribution in [2.24, 2.45) is 5.92 Å². The van der Waals surface area contributed by atoms with Gasteiger partial charge in [-0.25, -0.2) is 0 Å². The van der Waals surface area contributed by atoms with E-state index in [1.807, 2.05) is 13.0 Å². The highest BCUT2D eigenvalue weighted by Gasteiger charge is 2.51. The van der Waals surface area contributed by atoms with Crippen LogP contribution in [0.1, 0.15) is 41.6 Å². The molecule has 1 amide bonds. The van der Waals surface area contributed by atoms with Crippen molar-refractivity contribution >= 4 is 11.9 Å². The average Bonchev–Trinajstić information content (AvgIpc) is 2.53. The monoisotopic (exact) mass is 333 g/mol. The number of aryl methyl sites for hydroxylation is 1. The summed E-state index contributed by atoms with van der Waals surface area (Å²) in [4.78, 5) is 23.5. The largest absolute Gasteiger partial charge is 0.496 e. The van der Waals surface area contributed by atoms with E-state index in [-0.39, 0.29) is 23.5 Å². The van der Waals surface area contributed by atoms with Gasteiger partial charge in [0.15, 0.2) is 0 Å². The van der Waals surface area contributed by atoms with Crippen LogP contribution in [-0.2, 0) is 9.53 Å². The second-order valence-electron chi connectivity index (χ2n) is 6.82. The number of carboxylic acids is 1. The summed E-state index contributed by atoms with van der Waals surface area (Å²) in [7, 11) is 1.59. The number of amides is 1. The van der Waals surface area contributed by atoms with Crippen LogP contribution in [0.4, 0.5) is 0 Å². The smallest absolute Gasteiger partial charge is 0.306 e. The molecule has 0 bridgehead atoms. The predicted octanol–water partition coefficient (Wildman–Crippen LogP) is 2.15. The number of hydrogen-bond donors (Lipinski definition) is 2. The highest BCUT2D eigenvalue weighted by atomic mass is 16.5. The van der Waals surface area contributed by atoms with E-state index in [9.17, 15) is 9.59 Å². The van der Waals surface area contributed by atoms with Crippen molar-refractivity contribution in [3.05, 3.63) is 29.3 Å². The predicted molar refractivity (Wildman–Crippen MR) is 87.3 cm³/mol. The lowest BCUT2D eigenvalue weighted by Gasteiger charge is -2.50. The van der Waals surface area contributed by atoms with Gasteiger partial charge in [0.1, 0.15) is 5.75 Å². The zero-order valence-electron chi connectivity index (χ0n) is 14.0. The summed E-state index contributed by atoms with van der Waals surface area (Å²) >= 11 is 0. The van der Waals surface area contributed by atoms with Crippen LogP contribution in [0.15, 0.2) is 18.2 Å². The van der Waals surface area contributed by atoms with Gasteiger partial charge in [0.25, 0.3) is 5.91 Å². The minimum absolute atomic E-state index is 0.00768. The van der Waals surface area contributed by atoms with Crippen molar-refractivity contribution in [2.75, 3.05) is 13.7 Å². The third-order valence-corrected chi connectivity index (χ3v) is 5.08. The first kappa shape index (κ1) is 16.8. The van der Waals surface area contributed by atoms with Gasteiger partial charge in [-0.15, -0.1) is 0 Å². The number of methoxy groups -OCH3 is 1. The fourth-order valence-electron chi connectivity index (χ4n) is 3.68. The van der Waals surface area contributed by atoms with Crippen molar-refractivity contribution in [3.8, 4) is 5.75 Å². The van der Waals surface area contributed by atoms with Crippen LogP contribution in [0.5, 0.6) is 5.75 Å². The molecule has 2 fully saturated rings. The first-order chi connectivity index (χ1) is 11.4. The Hall–Kier alpha value is -2.08. The first-order valence-electron chi connectivity index (χ1n) is 8.25. The third-order valence-electron chi connectivity index (χ3n) is 5.08. The van der Waals surface area contributed by atoms with Crippen LogP contribution in [0.25, 0.3) is 0 Å². The number of benzene rings is 1. The molecule has 130 valence electrons. The molecule has 0 aromatic heterocycles. The number of nitrogens with one attached hydrogen (secondary N) is 1. The summed E-state index contributed by atoms with van der Waals surface area (Å²) in [6, 6.07) is 5.39. The zero-order valence-corrected chi connectivity index (χ0v) is 14.0. The van der Waals surface area contributed by atoms with E-state index in [1.54, 1.807) is 19.2 Å². The molecular formula is C18H23NO5. The lowest BCUT2D eigenvalue weighted by atomic mass is 9.66. The summed E-state index contributed by atoms with van der Waals surface area (Å²) in [6.07, 6.45) is 2.49. The van der Waals surface area contributed by atoms with E-state index in [0.717, 1.165) is 12.0 Å². The molecule has 1 saturated carbocycles. The lowest BCUT2D eigenvalue weighted by Crippen LogP contribution is -2.56. The van der Waals surface area contributed by atoms with Gasteiger partial charge in [0.05, 0.1) is 18.6 Å². The summed E-state index contributed by atoms with van der Waals surface area (Å²) in [5.41, 5.74) is 1.17. The Morgan fingerprint density at radius 3 is 2.75 bits per heavy atom.